The van der Waals surface area contributed by atoms with Gasteiger partial charge in [-0.3, -0.25) is 10.1 Å². The molecule has 4 heteroatoms. The van der Waals surface area contributed by atoms with Crippen LogP contribution in [0.4, 0.5) is 5.69 Å². The molecule has 0 aliphatic carbocycles. The Kier molecular flexibility index (Phi) is 3.45. The number of hydrogen-bond donors (Lipinski definition) is 3. The largest absolute Gasteiger partial charge is 0.395 e. The molecule has 1 aromatic rings. The lowest BCUT2D eigenvalue weighted by atomic mass is 10.0. The Hall–Kier alpha value is -1.39. The summed E-state index contributed by atoms with van der Waals surface area (Å²) in [5, 5.41) is 15.3. The van der Waals surface area contributed by atoms with Gasteiger partial charge in [0.2, 0.25) is 5.91 Å². The van der Waals surface area contributed by atoms with Gasteiger partial charge in [-0.25, -0.2) is 0 Å². The topological polar surface area (TPSA) is 61.4 Å². The van der Waals surface area contributed by atoms with Gasteiger partial charge in [-0.1, -0.05) is 25.1 Å². The minimum absolute atomic E-state index is 0.0406. The second kappa shape index (κ2) is 4.85. The molecule has 1 aliphatic rings. The van der Waals surface area contributed by atoms with E-state index in [1.54, 1.807) is 0 Å². The van der Waals surface area contributed by atoms with Crippen LogP contribution in [0.15, 0.2) is 18.2 Å². The van der Waals surface area contributed by atoms with E-state index >= 15 is 0 Å². The molecule has 0 saturated heterocycles. The van der Waals surface area contributed by atoms with Crippen LogP contribution in [0.2, 0.25) is 0 Å². The first-order chi connectivity index (χ1) is 8.17. The van der Waals surface area contributed by atoms with Crippen LogP contribution in [0.1, 0.15) is 30.5 Å². The highest BCUT2D eigenvalue weighted by molar-refractivity contribution is 6.03. The fourth-order valence-corrected chi connectivity index (χ4v) is 2.14. The van der Waals surface area contributed by atoms with Crippen molar-refractivity contribution in [1.82, 2.24) is 5.32 Å². The molecule has 0 fully saturated rings. The van der Waals surface area contributed by atoms with Gasteiger partial charge in [0.05, 0.1) is 6.61 Å². The number of aryl methyl sites for hydroxylation is 1. The molecule has 4 nitrogen and oxygen atoms in total. The molecule has 2 unspecified atom stereocenters. The molecule has 3 N–H and O–H groups in total. The van der Waals surface area contributed by atoms with Crippen molar-refractivity contribution in [3.05, 3.63) is 29.3 Å². The van der Waals surface area contributed by atoms with Gasteiger partial charge in [0.1, 0.15) is 6.04 Å². The third kappa shape index (κ3) is 2.18. The van der Waals surface area contributed by atoms with Gasteiger partial charge in [-0.15, -0.1) is 0 Å². The summed E-state index contributed by atoms with van der Waals surface area (Å²) in [4.78, 5) is 11.9. The molecule has 0 radical (unpaired) electrons. The number of rotatable bonds is 4. The molecule has 1 heterocycles. The highest BCUT2D eigenvalue weighted by atomic mass is 16.3. The number of anilines is 1. The van der Waals surface area contributed by atoms with Crippen molar-refractivity contribution in [2.45, 2.75) is 32.4 Å². The van der Waals surface area contributed by atoms with Crippen molar-refractivity contribution >= 4 is 11.6 Å². The number of aliphatic hydroxyl groups is 1. The van der Waals surface area contributed by atoms with Crippen LogP contribution in [0.3, 0.4) is 0 Å². The van der Waals surface area contributed by atoms with Crippen LogP contribution in [0, 0.1) is 6.92 Å². The zero-order valence-corrected chi connectivity index (χ0v) is 10.2. The SMILES string of the molecule is CCC(CO)NC1C(=O)Nc2c(C)cccc21. The van der Waals surface area contributed by atoms with Crippen LogP contribution >= 0.6 is 0 Å². The zero-order valence-electron chi connectivity index (χ0n) is 10.2. The maximum absolute atomic E-state index is 11.9. The van der Waals surface area contributed by atoms with E-state index in [1.807, 2.05) is 32.0 Å². The van der Waals surface area contributed by atoms with Crippen LogP contribution < -0.4 is 10.6 Å². The summed E-state index contributed by atoms with van der Waals surface area (Å²) in [6.07, 6.45) is 0.793. The minimum atomic E-state index is -0.345. The number of benzene rings is 1. The predicted molar refractivity (Wildman–Crippen MR) is 66.9 cm³/mol. The Morgan fingerprint density at radius 3 is 2.94 bits per heavy atom. The summed E-state index contributed by atoms with van der Waals surface area (Å²) in [6, 6.07) is 5.48. The van der Waals surface area contributed by atoms with Crippen LogP contribution in [0.5, 0.6) is 0 Å². The van der Waals surface area contributed by atoms with Gasteiger partial charge >= 0.3 is 0 Å². The smallest absolute Gasteiger partial charge is 0.246 e. The molecule has 0 saturated carbocycles. The number of hydrogen-bond acceptors (Lipinski definition) is 3. The molecule has 2 rings (SSSR count). The minimum Gasteiger partial charge on any atom is -0.395 e. The maximum Gasteiger partial charge on any atom is 0.246 e. The lowest BCUT2D eigenvalue weighted by Gasteiger charge is -2.18. The highest BCUT2D eigenvalue weighted by Crippen LogP contribution is 2.33. The van der Waals surface area contributed by atoms with Gasteiger partial charge < -0.3 is 10.4 Å². The molecule has 1 aromatic carbocycles. The van der Waals surface area contributed by atoms with Crippen molar-refractivity contribution < 1.29 is 9.90 Å². The van der Waals surface area contributed by atoms with Crippen molar-refractivity contribution in [1.29, 1.82) is 0 Å². The third-order valence-corrected chi connectivity index (χ3v) is 3.24. The van der Waals surface area contributed by atoms with Gasteiger partial charge in [-0.2, -0.15) is 0 Å². The number of nitrogens with one attached hydrogen (secondary N) is 2. The highest BCUT2D eigenvalue weighted by Gasteiger charge is 2.32. The fourth-order valence-electron chi connectivity index (χ4n) is 2.14. The number of amides is 1. The Bertz CT molecular complexity index is 427. The standard InChI is InChI=1S/C13H18N2O2/c1-3-9(7-16)14-12-10-6-4-5-8(2)11(10)15-13(12)17/h4-6,9,12,14,16H,3,7H2,1-2H3,(H,15,17). The maximum atomic E-state index is 11.9. The number of fused-ring (bicyclic) bond motifs is 1. The molecule has 0 spiro atoms. The van der Waals surface area contributed by atoms with Gasteiger partial charge in [0.25, 0.3) is 0 Å². The predicted octanol–water partition coefficient (Wildman–Crippen LogP) is 1.35. The molecule has 17 heavy (non-hydrogen) atoms. The Labute approximate surface area is 101 Å². The summed E-state index contributed by atoms with van der Waals surface area (Å²) in [7, 11) is 0. The van der Waals surface area contributed by atoms with Crippen LogP contribution in [0.25, 0.3) is 0 Å². The number of aliphatic hydroxyl groups excluding tert-OH is 1. The van der Waals surface area contributed by atoms with E-state index in [2.05, 4.69) is 10.6 Å². The Morgan fingerprint density at radius 2 is 2.29 bits per heavy atom. The summed E-state index contributed by atoms with van der Waals surface area (Å²) in [5.41, 5.74) is 2.95. The third-order valence-electron chi connectivity index (χ3n) is 3.24. The first-order valence-electron chi connectivity index (χ1n) is 5.94. The average Bonchev–Trinajstić information content (AvgIpc) is 2.64. The van der Waals surface area contributed by atoms with Crippen molar-refractivity contribution in [3.8, 4) is 0 Å². The Balaban J connectivity index is 2.26. The van der Waals surface area contributed by atoms with E-state index in [1.165, 1.54) is 0 Å². The average molecular weight is 234 g/mol. The van der Waals surface area contributed by atoms with E-state index in [9.17, 15) is 9.90 Å². The number of carbonyl (C=O) groups is 1. The number of carbonyl (C=O) groups excluding carboxylic acids is 1. The van der Waals surface area contributed by atoms with Gasteiger partial charge in [0.15, 0.2) is 0 Å². The van der Waals surface area contributed by atoms with Crippen LogP contribution in [-0.4, -0.2) is 23.7 Å². The quantitative estimate of drug-likeness (QED) is 0.737. The first-order valence-corrected chi connectivity index (χ1v) is 5.94. The summed E-state index contributed by atoms with van der Waals surface area (Å²) in [5.74, 6) is -0.0406. The second-order valence-electron chi connectivity index (χ2n) is 4.42. The lowest BCUT2D eigenvalue weighted by molar-refractivity contribution is -0.117. The fraction of sp³-hybridized carbons (Fsp3) is 0.462. The molecular formula is C13H18N2O2. The van der Waals surface area contributed by atoms with Crippen molar-refractivity contribution in [2.24, 2.45) is 0 Å². The van der Waals surface area contributed by atoms with E-state index in [4.69, 9.17) is 0 Å². The molecule has 0 aromatic heterocycles. The second-order valence-corrected chi connectivity index (χ2v) is 4.42. The number of para-hydroxylation sites is 1. The summed E-state index contributed by atoms with van der Waals surface area (Å²) >= 11 is 0. The first kappa shape index (κ1) is 12.1. The van der Waals surface area contributed by atoms with Crippen molar-refractivity contribution in [3.63, 3.8) is 0 Å². The Morgan fingerprint density at radius 1 is 1.53 bits per heavy atom. The van der Waals surface area contributed by atoms with Crippen molar-refractivity contribution in [2.75, 3.05) is 11.9 Å². The van der Waals surface area contributed by atoms with Gasteiger partial charge in [-0.05, 0) is 18.9 Å². The normalized spacial score (nSPS) is 19.9. The molecule has 92 valence electrons. The molecule has 2 atom stereocenters. The van der Waals surface area contributed by atoms with E-state index in [0.29, 0.717) is 0 Å². The van der Waals surface area contributed by atoms with Gasteiger partial charge in [0, 0.05) is 17.3 Å². The summed E-state index contributed by atoms with van der Waals surface area (Å²) < 4.78 is 0. The monoisotopic (exact) mass is 234 g/mol. The zero-order chi connectivity index (χ0) is 12.4. The lowest BCUT2D eigenvalue weighted by Crippen LogP contribution is -2.38. The molecule has 0 bridgehead atoms. The molecular weight excluding hydrogens is 216 g/mol. The van der Waals surface area contributed by atoms with E-state index < -0.39 is 0 Å². The molecule has 1 amide bonds. The molecule has 1 aliphatic heterocycles. The summed E-state index contributed by atoms with van der Waals surface area (Å²) in [6.45, 7) is 4.00. The van der Waals surface area contributed by atoms with E-state index in [0.717, 1.165) is 23.2 Å². The van der Waals surface area contributed by atoms with Crippen LogP contribution in [-0.2, 0) is 4.79 Å². The van der Waals surface area contributed by atoms with E-state index in [-0.39, 0.29) is 24.6 Å².